The summed E-state index contributed by atoms with van der Waals surface area (Å²) in [4.78, 5) is 3.96. The number of nitrogen functional groups attached to an aromatic ring is 1. The average molecular weight is 153 g/mol. The fourth-order valence-corrected chi connectivity index (χ4v) is 0.940. The maximum atomic E-state index is 5.30. The van der Waals surface area contributed by atoms with Crippen molar-refractivity contribution in [1.29, 1.82) is 0 Å². The van der Waals surface area contributed by atoms with Gasteiger partial charge in [0.05, 0.1) is 5.69 Å². The minimum Gasteiger partial charge on any atom is -0.432 e. The Kier molecular flexibility index (Phi) is 1.54. The average Bonchev–Trinajstić information content (AvgIpc) is 2.72. The summed E-state index contributed by atoms with van der Waals surface area (Å²) >= 11 is 0. The molecule has 0 aliphatic heterocycles. The summed E-state index contributed by atoms with van der Waals surface area (Å²) in [7, 11) is 0. The molecule has 0 amide bonds. The molecule has 1 aliphatic carbocycles. The Balaban J connectivity index is 1.85. The van der Waals surface area contributed by atoms with Gasteiger partial charge >= 0.3 is 0 Å². The summed E-state index contributed by atoms with van der Waals surface area (Å²) in [6, 6.07) is 0.950. The summed E-state index contributed by atoms with van der Waals surface area (Å²) in [5.41, 5.74) is 6.18. The van der Waals surface area contributed by atoms with E-state index in [-0.39, 0.29) is 6.01 Å². The number of nitrogens with zero attached hydrogens (tertiary/aromatic N) is 1. The molecule has 0 unspecified atom stereocenters. The highest BCUT2D eigenvalue weighted by Crippen LogP contribution is 2.19. The van der Waals surface area contributed by atoms with Crippen molar-refractivity contribution in [2.75, 3.05) is 5.73 Å². The summed E-state index contributed by atoms with van der Waals surface area (Å²) < 4.78 is 4.84. The van der Waals surface area contributed by atoms with Gasteiger partial charge in [-0.05, 0) is 12.8 Å². The van der Waals surface area contributed by atoms with E-state index >= 15 is 0 Å². The first-order valence-corrected chi connectivity index (χ1v) is 3.78. The lowest BCUT2D eigenvalue weighted by molar-refractivity contribution is 0.575. The fraction of sp³-hybridized carbons (Fsp3) is 0.571. The number of rotatable bonds is 3. The number of anilines is 1. The molecule has 1 aromatic rings. The summed E-state index contributed by atoms with van der Waals surface area (Å²) in [5, 5.41) is 3.31. The monoisotopic (exact) mass is 153 g/mol. The normalized spacial score (nSPS) is 17.1. The minimum absolute atomic E-state index is 0.248. The molecule has 1 saturated carbocycles. The molecular formula is C7H11N3O. The SMILES string of the molecule is Nc1nc(CNC2CC2)co1. The highest BCUT2D eigenvalue weighted by atomic mass is 16.4. The molecule has 60 valence electrons. The number of nitrogens with two attached hydrogens (primary N) is 1. The highest BCUT2D eigenvalue weighted by molar-refractivity contribution is 5.12. The van der Waals surface area contributed by atoms with Crippen LogP contribution in [-0.4, -0.2) is 11.0 Å². The lowest BCUT2D eigenvalue weighted by Crippen LogP contribution is -2.15. The highest BCUT2D eigenvalue weighted by Gasteiger charge is 2.20. The van der Waals surface area contributed by atoms with Crippen molar-refractivity contribution in [3.63, 3.8) is 0 Å². The van der Waals surface area contributed by atoms with Crippen molar-refractivity contribution < 1.29 is 4.42 Å². The van der Waals surface area contributed by atoms with Crippen LogP contribution in [-0.2, 0) is 6.54 Å². The molecule has 0 aromatic carbocycles. The molecule has 0 saturated heterocycles. The van der Waals surface area contributed by atoms with Crippen LogP contribution in [0.3, 0.4) is 0 Å². The van der Waals surface area contributed by atoms with Crippen LogP contribution in [0.2, 0.25) is 0 Å². The van der Waals surface area contributed by atoms with Crippen LogP contribution in [0.15, 0.2) is 10.7 Å². The van der Waals surface area contributed by atoms with Gasteiger partial charge in [-0.15, -0.1) is 0 Å². The number of hydrogen-bond acceptors (Lipinski definition) is 4. The molecule has 1 aliphatic rings. The first kappa shape index (κ1) is 6.67. The van der Waals surface area contributed by atoms with Crippen molar-refractivity contribution in [1.82, 2.24) is 10.3 Å². The number of aromatic nitrogens is 1. The lowest BCUT2D eigenvalue weighted by atomic mass is 10.5. The van der Waals surface area contributed by atoms with Crippen molar-refractivity contribution in [3.05, 3.63) is 12.0 Å². The summed E-state index contributed by atoms with van der Waals surface area (Å²) in [6.07, 6.45) is 4.16. The summed E-state index contributed by atoms with van der Waals surface area (Å²) in [6.45, 7) is 0.769. The molecule has 4 nitrogen and oxygen atoms in total. The first-order chi connectivity index (χ1) is 5.34. The van der Waals surface area contributed by atoms with E-state index in [0.29, 0.717) is 6.04 Å². The first-order valence-electron chi connectivity index (χ1n) is 3.78. The van der Waals surface area contributed by atoms with Crippen LogP contribution >= 0.6 is 0 Å². The molecule has 0 atom stereocenters. The number of hydrogen-bond donors (Lipinski definition) is 2. The zero-order chi connectivity index (χ0) is 7.68. The third-order valence-corrected chi connectivity index (χ3v) is 1.72. The zero-order valence-electron chi connectivity index (χ0n) is 6.21. The Morgan fingerprint density at radius 3 is 3.09 bits per heavy atom. The Labute approximate surface area is 64.8 Å². The third-order valence-electron chi connectivity index (χ3n) is 1.72. The molecule has 11 heavy (non-hydrogen) atoms. The number of nitrogens with one attached hydrogen (secondary N) is 1. The quantitative estimate of drug-likeness (QED) is 0.664. The van der Waals surface area contributed by atoms with Gasteiger partial charge in [0.1, 0.15) is 6.26 Å². The third kappa shape index (κ3) is 1.71. The van der Waals surface area contributed by atoms with Crippen molar-refractivity contribution in [2.45, 2.75) is 25.4 Å². The second-order valence-corrected chi connectivity index (χ2v) is 2.83. The maximum Gasteiger partial charge on any atom is 0.292 e. The Morgan fingerprint density at radius 1 is 1.73 bits per heavy atom. The second kappa shape index (κ2) is 2.54. The van der Waals surface area contributed by atoms with Crippen molar-refractivity contribution in [2.24, 2.45) is 0 Å². The Bertz CT molecular complexity index is 242. The van der Waals surface area contributed by atoms with Gasteiger partial charge in [-0.2, -0.15) is 4.98 Å². The van der Waals surface area contributed by atoms with Gasteiger partial charge in [-0.25, -0.2) is 0 Å². The van der Waals surface area contributed by atoms with E-state index in [9.17, 15) is 0 Å². The van der Waals surface area contributed by atoms with Gasteiger partial charge in [0, 0.05) is 12.6 Å². The smallest absolute Gasteiger partial charge is 0.292 e. The molecule has 0 radical (unpaired) electrons. The standard InChI is InChI=1S/C7H11N3O/c8-7-10-6(4-11-7)3-9-5-1-2-5/h4-5,9H,1-3H2,(H2,8,10). The van der Waals surface area contributed by atoms with Crippen LogP contribution in [0.5, 0.6) is 0 Å². The van der Waals surface area contributed by atoms with Crippen LogP contribution < -0.4 is 11.1 Å². The molecule has 0 spiro atoms. The van der Waals surface area contributed by atoms with Crippen LogP contribution in [0, 0.1) is 0 Å². The van der Waals surface area contributed by atoms with Gasteiger partial charge in [0.2, 0.25) is 0 Å². The van der Waals surface area contributed by atoms with E-state index in [1.54, 1.807) is 6.26 Å². The molecule has 1 heterocycles. The molecule has 0 bridgehead atoms. The summed E-state index contributed by atoms with van der Waals surface area (Å²) in [5.74, 6) is 0. The van der Waals surface area contributed by atoms with Gasteiger partial charge in [0.15, 0.2) is 0 Å². The van der Waals surface area contributed by atoms with Crippen LogP contribution in [0.1, 0.15) is 18.5 Å². The van der Waals surface area contributed by atoms with E-state index in [2.05, 4.69) is 10.3 Å². The topological polar surface area (TPSA) is 64.1 Å². The van der Waals surface area contributed by atoms with E-state index < -0.39 is 0 Å². The van der Waals surface area contributed by atoms with Gasteiger partial charge in [0.25, 0.3) is 6.01 Å². The van der Waals surface area contributed by atoms with E-state index in [1.165, 1.54) is 12.8 Å². The predicted octanol–water partition coefficient (Wildman–Crippen LogP) is 0.509. The van der Waals surface area contributed by atoms with Gasteiger partial charge in [-0.1, -0.05) is 0 Å². The molecule has 1 fully saturated rings. The van der Waals surface area contributed by atoms with Crippen LogP contribution in [0.25, 0.3) is 0 Å². The largest absolute Gasteiger partial charge is 0.432 e. The fourth-order valence-electron chi connectivity index (χ4n) is 0.940. The van der Waals surface area contributed by atoms with E-state index in [0.717, 1.165) is 12.2 Å². The Hall–Kier alpha value is -1.03. The predicted molar refractivity (Wildman–Crippen MR) is 40.8 cm³/mol. The van der Waals surface area contributed by atoms with Gasteiger partial charge in [-0.3, -0.25) is 0 Å². The maximum absolute atomic E-state index is 5.30. The van der Waals surface area contributed by atoms with Crippen molar-refractivity contribution in [3.8, 4) is 0 Å². The molecular weight excluding hydrogens is 142 g/mol. The molecule has 3 N–H and O–H groups in total. The van der Waals surface area contributed by atoms with Crippen LogP contribution in [0.4, 0.5) is 6.01 Å². The number of oxazole rings is 1. The zero-order valence-corrected chi connectivity index (χ0v) is 6.21. The Morgan fingerprint density at radius 2 is 2.55 bits per heavy atom. The van der Waals surface area contributed by atoms with E-state index in [4.69, 9.17) is 10.2 Å². The lowest BCUT2D eigenvalue weighted by Gasteiger charge is -1.95. The molecule has 1 aromatic heterocycles. The second-order valence-electron chi connectivity index (χ2n) is 2.83. The van der Waals surface area contributed by atoms with Gasteiger partial charge < -0.3 is 15.5 Å². The molecule has 4 heteroatoms. The molecule has 2 rings (SSSR count). The minimum atomic E-state index is 0.248. The van der Waals surface area contributed by atoms with E-state index in [1.807, 2.05) is 0 Å². The van der Waals surface area contributed by atoms with Crippen molar-refractivity contribution >= 4 is 6.01 Å².